The number of carbonyl (C=O) groups excluding carboxylic acids is 2. The number of H-pyrrole nitrogens is 1. The van der Waals surface area contributed by atoms with Crippen LogP contribution in [-0.2, 0) is 32.0 Å². The van der Waals surface area contributed by atoms with Gasteiger partial charge in [0.05, 0.1) is 24.3 Å². The van der Waals surface area contributed by atoms with Crippen molar-refractivity contribution in [2.45, 2.75) is 45.4 Å². The molecule has 0 bridgehead atoms. The first-order valence-corrected chi connectivity index (χ1v) is 13.1. The van der Waals surface area contributed by atoms with Crippen LogP contribution in [0, 0.1) is 0 Å². The Hall–Kier alpha value is -3.14. The number of benzene rings is 1. The molecule has 2 aromatic heterocycles. The van der Waals surface area contributed by atoms with Gasteiger partial charge in [-0.1, -0.05) is 17.7 Å². The van der Waals surface area contributed by atoms with Gasteiger partial charge in [-0.25, -0.2) is 9.78 Å². The highest BCUT2D eigenvalue weighted by atomic mass is 35.5. The lowest BCUT2D eigenvalue weighted by atomic mass is 9.87. The lowest BCUT2D eigenvalue weighted by Gasteiger charge is -2.39. The molecule has 9 nitrogen and oxygen atoms in total. The second-order valence-electron chi connectivity index (χ2n) is 10.7. The average Bonchev–Trinajstić information content (AvgIpc) is 3.26. The molecule has 0 unspecified atom stereocenters. The number of nitrogens with one attached hydrogen (secondary N) is 1. The molecule has 10 heteroatoms. The normalized spacial score (nSPS) is 18.0. The minimum Gasteiger partial charge on any atom is -0.444 e. The van der Waals surface area contributed by atoms with Gasteiger partial charge < -0.3 is 24.1 Å². The molecule has 3 aromatic rings. The van der Waals surface area contributed by atoms with Crippen molar-refractivity contribution in [3.05, 3.63) is 52.3 Å². The molecule has 4 heterocycles. The number of aromatic amines is 1. The van der Waals surface area contributed by atoms with Gasteiger partial charge in [0.1, 0.15) is 17.9 Å². The number of morpholine rings is 1. The maximum absolute atomic E-state index is 13.3. The number of pyridine rings is 1. The van der Waals surface area contributed by atoms with Crippen LogP contribution in [0.3, 0.4) is 0 Å². The average molecular weight is 541 g/mol. The second kappa shape index (κ2) is 10.6. The zero-order valence-electron chi connectivity index (χ0n) is 22.2. The van der Waals surface area contributed by atoms with Crippen LogP contribution in [0.1, 0.15) is 43.5 Å². The summed E-state index contributed by atoms with van der Waals surface area (Å²) >= 11 is 6.38. The first kappa shape index (κ1) is 26.5. The minimum absolute atomic E-state index is 0.0302. The quantitative estimate of drug-likeness (QED) is 0.514. The summed E-state index contributed by atoms with van der Waals surface area (Å²) in [7, 11) is 1.52. The molecule has 38 heavy (non-hydrogen) atoms. The van der Waals surface area contributed by atoms with Crippen LogP contribution in [0.5, 0.6) is 0 Å². The third-order valence-corrected chi connectivity index (χ3v) is 7.24. The topological polar surface area (TPSA) is 97.0 Å². The fourth-order valence-electron chi connectivity index (χ4n) is 5.12. The van der Waals surface area contributed by atoms with Crippen molar-refractivity contribution in [1.29, 1.82) is 0 Å². The number of nitrogens with zero attached hydrogens (tertiary/aromatic N) is 3. The number of fused-ring (bicyclic) bond motifs is 2. The third kappa shape index (κ3) is 5.36. The highest BCUT2D eigenvalue weighted by Gasteiger charge is 2.35. The lowest BCUT2D eigenvalue weighted by molar-refractivity contribution is -0.136. The van der Waals surface area contributed by atoms with Crippen molar-refractivity contribution in [3.63, 3.8) is 0 Å². The van der Waals surface area contributed by atoms with Gasteiger partial charge in [-0.15, -0.1) is 0 Å². The predicted molar refractivity (Wildman–Crippen MR) is 144 cm³/mol. The molecule has 2 aliphatic rings. The summed E-state index contributed by atoms with van der Waals surface area (Å²) in [5.74, 6) is -0.0613. The number of amides is 2. The van der Waals surface area contributed by atoms with E-state index in [9.17, 15) is 9.59 Å². The number of halogens is 1. The van der Waals surface area contributed by atoms with Crippen molar-refractivity contribution in [3.8, 4) is 11.1 Å². The van der Waals surface area contributed by atoms with E-state index in [2.05, 4.69) is 22.1 Å². The number of methoxy groups -OCH3 is 1. The van der Waals surface area contributed by atoms with Crippen LogP contribution >= 0.6 is 11.6 Å². The largest absolute Gasteiger partial charge is 0.444 e. The fraction of sp³-hybridized carbons (Fsp3) is 0.464. The Morgan fingerprint density at radius 2 is 2.03 bits per heavy atom. The van der Waals surface area contributed by atoms with Gasteiger partial charge in [0.15, 0.2) is 0 Å². The van der Waals surface area contributed by atoms with Crippen molar-refractivity contribution < 1.29 is 23.8 Å². The first-order valence-electron chi connectivity index (χ1n) is 12.8. The lowest BCUT2D eigenvalue weighted by Crippen LogP contribution is -2.46. The summed E-state index contributed by atoms with van der Waals surface area (Å²) in [4.78, 5) is 37.2. The molecule has 1 aromatic carbocycles. The van der Waals surface area contributed by atoms with Gasteiger partial charge in [-0.3, -0.25) is 9.69 Å². The maximum atomic E-state index is 13.3. The van der Waals surface area contributed by atoms with E-state index < -0.39 is 5.60 Å². The monoisotopic (exact) mass is 540 g/mol. The molecule has 0 spiro atoms. The molecule has 0 saturated carbocycles. The molecule has 1 saturated heterocycles. The minimum atomic E-state index is -0.624. The van der Waals surface area contributed by atoms with E-state index in [1.807, 2.05) is 37.9 Å². The number of carbonyl (C=O) groups is 2. The molecule has 1 fully saturated rings. The van der Waals surface area contributed by atoms with Gasteiger partial charge in [-0.2, -0.15) is 0 Å². The number of hydrogen-bond donors (Lipinski definition) is 1. The first-order chi connectivity index (χ1) is 18.1. The number of hydrogen-bond acceptors (Lipinski definition) is 6. The van der Waals surface area contributed by atoms with E-state index in [0.29, 0.717) is 44.3 Å². The summed E-state index contributed by atoms with van der Waals surface area (Å²) in [6.07, 6.45) is 3.85. The van der Waals surface area contributed by atoms with E-state index in [0.717, 1.165) is 38.9 Å². The van der Waals surface area contributed by atoms with Gasteiger partial charge in [0.2, 0.25) is 5.91 Å². The molecule has 0 radical (unpaired) electrons. The molecular weight excluding hydrogens is 508 g/mol. The molecule has 1 atom stereocenters. The summed E-state index contributed by atoms with van der Waals surface area (Å²) in [5.41, 5.74) is 5.09. The van der Waals surface area contributed by atoms with Crippen LogP contribution in [0.15, 0.2) is 30.6 Å². The van der Waals surface area contributed by atoms with E-state index in [1.165, 1.54) is 7.11 Å². The van der Waals surface area contributed by atoms with Gasteiger partial charge in [0, 0.05) is 50.1 Å². The Bertz CT molecular complexity index is 1370. The van der Waals surface area contributed by atoms with Crippen molar-refractivity contribution in [2.24, 2.45) is 0 Å². The van der Waals surface area contributed by atoms with Crippen LogP contribution in [0.4, 0.5) is 4.79 Å². The number of ether oxygens (including phenoxy) is 3. The Balaban J connectivity index is 1.60. The Kier molecular flexibility index (Phi) is 7.35. The van der Waals surface area contributed by atoms with Crippen LogP contribution in [0.2, 0.25) is 5.02 Å². The zero-order chi connectivity index (χ0) is 27.0. The van der Waals surface area contributed by atoms with Gasteiger partial charge in [0.25, 0.3) is 0 Å². The van der Waals surface area contributed by atoms with Crippen molar-refractivity contribution >= 4 is 34.6 Å². The van der Waals surface area contributed by atoms with E-state index >= 15 is 0 Å². The van der Waals surface area contributed by atoms with Gasteiger partial charge >= 0.3 is 6.09 Å². The van der Waals surface area contributed by atoms with E-state index in [4.69, 9.17) is 25.8 Å². The van der Waals surface area contributed by atoms with Crippen LogP contribution in [-0.4, -0.2) is 77.4 Å². The van der Waals surface area contributed by atoms with E-state index in [1.54, 1.807) is 11.1 Å². The second-order valence-corrected chi connectivity index (χ2v) is 11.1. The summed E-state index contributed by atoms with van der Waals surface area (Å²) in [6.45, 7) is 7.82. The van der Waals surface area contributed by atoms with E-state index in [-0.39, 0.29) is 24.6 Å². The molecule has 0 aliphatic carbocycles. The number of aromatic nitrogens is 2. The summed E-state index contributed by atoms with van der Waals surface area (Å²) in [5, 5.41) is 1.45. The molecule has 1 N–H and O–H groups in total. The molecule has 202 valence electrons. The SMILES string of the molecule is COCC(=O)N1CCc2cc(-c3cnc4[nH]cc(Cl)c4c3)cc([C@@H]3COCCN3C(=O)OC(C)(C)C)c2C1. The third-order valence-electron chi connectivity index (χ3n) is 6.93. The van der Waals surface area contributed by atoms with Crippen molar-refractivity contribution in [1.82, 2.24) is 19.8 Å². The fourth-order valence-corrected chi connectivity index (χ4v) is 5.32. The molecule has 2 aliphatic heterocycles. The van der Waals surface area contributed by atoms with Crippen LogP contribution < -0.4 is 0 Å². The Labute approximate surface area is 227 Å². The smallest absolute Gasteiger partial charge is 0.410 e. The molecule has 5 rings (SSSR count). The standard InChI is InChI=1S/C28H33ClN4O5/c1-28(2,3)38-27(35)33-7-8-37-15-24(33)20-10-18(19-11-21-23(29)13-31-26(21)30-12-19)9-17-5-6-32(14-22(17)20)25(34)16-36-4/h9-13,24H,5-8,14-16H2,1-4H3,(H,30,31)/t24-/m0/s1. The Morgan fingerprint density at radius 1 is 1.21 bits per heavy atom. The summed E-state index contributed by atoms with van der Waals surface area (Å²) in [6, 6.07) is 5.90. The maximum Gasteiger partial charge on any atom is 0.410 e. The summed E-state index contributed by atoms with van der Waals surface area (Å²) < 4.78 is 16.7. The highest BCUT2D eigenvalue weighted by molar-refractivity contribution is 6.35. The molecule has 2 amide bonds. The van der Waals surface area contributed by atoms with Gasteiger partial charge in [-0.05, 0) is 61.6 Å². The van der Waals surface area contributed by atoms with Crippen LogP contribution in [0.25, 0.3) is 22.2 Å². The van der Waals surface area contributed by atoms with Crippen molar-refractivity contribution in [2.75, 3.05) is 40.0 Å². The predicted octanol–water partition coefficient (Wildman–Crippen LogP) is 4.72. The zero-order valence-corrected chi connectivity index (χ0v) is 22.9. The molecular formula is C28H33ClN4O5. The number of rotatable bonds is 4. The Morgan fingerprint density at radius 3 is 2.79 bits per heavy atom. The highest BCUT2D eigenvalue weighted by Crippen LogP contribution is 2.37.